The number of benzene rings is 1. The average Bonchev–Trinajstić information content (AvgIpc) is 2.45. The lowest BCUT2D eigenvalue weighted by Gasteiger charge is -2.37. The topological polar surface area (TPSA) is 47.6 Å². The predicted molar refractivity (Wildman–Crippen MR) is 100 cm³/mol. The van der Waals surface area contributed by atoms with E-state index in [2.05, 4.69) is 55.1 Å². The normalized spacial score (nSPS) is 13.5. The van der Waals surface area contributed by atoms with E-state index in [1.165, 1.54) is 0 Å². The van der Waals surface area contributed by atoms with Crippen molar-refractivity contribution in [3.8, 4) is 5.75 Å². The Morgan fingerprint density at radius 1 is 1.30 bits per heavy atom. The van der Waals surface area contributed by atoms with Crippen molar-refractivity contribution in [2.24, 2.45) is 5.92 Å². The van der Waals surface area contributed by atoms with Gasteiger partial charge in [0.05, 0.1) is 6.61 Å². The number of hydrogen-bond donors (Lipinski definition) is 1. The van der Waals surface area contributed by atoms with Gasteiger partial charge in [-0.2, -0.15) is 0 Å². The summed E-state index contributed by atoms with van der Waals surface area (Å²) in [5.41, 5.74) is 0. The second kappa shape index (κ2) is 8.85. The van der Waals surface area contributed by atoms with Crippen molar-refractivity contribution in [2.45, 2.75) is 38.9 Å². The van der Waals surface area contributed by atoms with E-state index < -0.39 is 8.32 Å². The Balaban J connectivity index is 2.60. The maximum absolute atomic E-state index is 10.6. The lowest BCUT2D eigenvalue weighted by Crippen LogP contribution is -2.43. The molecule has 0 radical (unpaired) electrons. The van der Waals surface area contributed by atoms with Crippen molar-refractivity contribution in [1.29, 1.82) is 0 Å². The molecule has 0 aromatic heterocycles. The summed E-state index contributed by atoms with van der Waals surface area (Å²) in [5.74, 6) is 0.927. The summed E-state index contributed by atoms with van der Waals surface area (Å²) < 4.78 is 13.1. The van der Waals surface area contributed by atoms with Gasteiger partial charge in [0, 0.05) is 23.5 Å². The van der Waals surface area contributed by atoms with Crippen LogP contribution in [0.15, 0.2) is 28.7 Å². The quantitative estimate of drug-likeness (QED) is 0.497. The third kappa shape index (κ3) is 7.06. The number of nitrogens with one attached hydrogen (secondary N) is 1. The minimum atomic E-state index is -1.80. The van der Waals surface area contributed by atoms with Crippen LogP contribution in [0.2, 0.25) is 18.1 Å². The summed E-state index contributed by atoms with van der Waals surface area (Å²) in [6.45, 7) is 12.8. The number of carbonyl (C=O) groups excluding carboxylic acids is 1. The number of carbonyl (C=O) groups is 1. The van der Waals surface area contributed by atoms with Crippen LogP contribution < -0.4 is 10.1 Å². The van der Waals surface area contributed by atoms with E-state index in [0.717, 1.165) is 16.6 Å². The first-order chi connectivity index (χ1) is 10.7. The lowest BCUT2D eigenvalue weighted by molar-refractivity contribution is -0.109. The van der Waals surface area contributed by atoms with Crippen LogP contribution in [-0.4, -0.2) is 34.5 Å². The molecule has 0 heterocycles. The summed E-state index contributed by atoms with van der Waals surface area (Å²) >= 11 is 3.43. The van der Waals surface area contributed by atoms with Crippen molar-refractivity contribution >= 4 is 30.7 Å². The van der Waals surface area contributed by atoms with Crippen LogP contribution in [0, 0.1) is 5.92 Å². The minimum Gasteiger partial charge on any atom is -0.493 e. The summed E-state index contributed by atoms with van der Waals surface area (Å²) in [6, 6.07) is 7.74. The van der Waals surface area contributed by atoms with Gasteiger partial charge in [-0.25, -0.2) is 0 Å². The van der Waals surface area contributed by atoms with E-state index in [0.29, 0.717) is 19.8 Å². The highest BCUT2D eigenvalue weighted by Crippen LogP contribution is 2.36. The molecule has 23 heavy (non-hydrogen) atoms. The Morgan fingerprint density at radius 2 is 2.00 bits per heavy atom. The number of rotatable bonds is 9. The van der Waals surface area contributed by atoms with Crippen LogP contribution in [0.25, 0.3) is 0 Å². The van der Waals surface area contributed by atoms with E-state index in [1.54, 1.807) is 0 Å². The summed E-state index contributed by atoms with van der Waals surface area (Å²) in [7, 11) is -1.80. The number of halogens is 1. The SMILES string of the molecule is CC(C)(C)[Si](C)(C)OC[C@@H](CNC=O)COc1cccc(Br)c1. The van der Waals surface area contributed by atoms with Gasteiger partial charge in [-0.3, -0.25) is 4.79 Å². The molecule has 0 saturated heterocycles. The molecule has 1 aromatic rings. The molecular weight excluding hydrogens is 374 g/mol. The maximum Gasteiger partial charge on any atom is 0.207 e. The van der Waals surface area contributed by atoms with Crippen molar-refractivity contribution < 1.29 is 14.0 Å². The monoisotopic (exact) mass is 401 g/mol. The maximum atomic E-state index is 10.6. The molecule has 0 aliphatic rings. The van der Waals surface area contributed by atoms with Gasteiger partial charge in [0.15, 0.2) is 8.32 Å². The van der Waals surface area contributed by atoms with E-state index in [-0.39, 0.29) is 11.0 Å². The zero-order valence-electron chi connectivity index (χ0n) is 14.7. The van der Waals surface area contributed by atoms with Crippen molar-refractivity contribution in [2.75, 3.05) is 19.8 Å². The third-order valence-electron chi connectivity index (χ3n) is 4.26. The fourth-order valence-electron chi connectivity index (χ4n) is 1.69. The van der Waals surface area contributed by atoms with Gasteiger partial charge >= 0.3 is 0 Å². The van der Waals surface area contributed by atoms with Crippen LogP contribution in [-0.2, 0) is 9.22 Å². The molecule has 1 atom stereocenters. The summed E-state index contributed by atoms with van der Waals surface area (Å²) in [6.07, 6.45) is 0.721. The van der Waals surface area contributed by atoms with Crippen LogP contribution >= 0.6 is 15.9 Å². The first-order valence-electron chi connectivity index (χ1n) is 7.85. The second-order valence-electron chi connectivity index (χ2n) is 7.23. The highest BCUT2D eigenvalue weighted by Gasteiger charge is 2.37. The predicted octanol–water partition coefficient (Wildman–Crippen LogP) is 4.21. The molecule has 130 valence electrons. The molecule has 6 heteroatoms. The molecular formula is C17H28BrNO3Si. The molecule has 0 fully saturated rings. The van der Waals surface area contributed by atoms with E-state index in [9.17, 15) is 4.79 Å². The molecule has 0 spiro atoms. The smallest absolute Gasteiger partial charge is 0.207 e. The third-order valence-corrected chi connectivity index (χ3v) is 9.25. The Morgan fingerprint density at radius 3 is 2.57 bits per heavy atom. The fourth-order valence-corrected chi connectivity index (χ4v) is 3.16. The second-order valence-corrected chi connectivity index (χ2v) is 13.0. The average molecular weight is 402 g/mol. The van der Waals surface area contributed by atoms with E-state index >= 15 is 0 Å². The van der Waals surface area contributed by atoms with Crippen LogP contribution in [0.4, 0.5) is 0 Å². The van der Waals surface area contributed by atoms with Crippen LogP contribution in [0.3, 0.4) is 0 Å². The molecule has 1 amide bonds. The zero-order valence-corrected chi connectivity index (χ0v) is 17.3. The van der Waals surface area contributed by atoms with E-state index in [1.807, 2.05) is 24.3 Å². The summed E-state index contributed by atoms with van der Waals surface area (Å²) in [5, 5.41) is 2.90. The molecule has 4 nitrogen and oxygen atoms in total. The van der Waals surface area contributed by atoms with Gasteiger partial charge in [0.2, 0.25) is 6.41 Å². The highest BCUT2D eigenvalue weighted by molar-refractivity contribution is 9.10. The first kappa shape index (κ1) is 20.2. The van der Waals surface area contributed by atoms with Gasteiger partial charge in [0.25, 0.3) is 0 Å². The highest BCUT2D eigenvalue weighted by atomic mass is 79.9. The summed E-state index contributed by atoms with van der Waals surface area (Å²) in [4.78, 5) is 10.6. The number of amides is 1. The molecule has 0 saturated carbocycles. The van der Waals surface area contributed by atoms with Gasteiger partial charge in [-0.15, -0.1) is 0 Å². The number of ether oxygens (including phenoxy) is 1. The first-order valence-corrected chi connectivity index (χ1v) is 11.5. The molecule has 1 aromatic carbocycles. The molecule has 0 aliphatic heterocycles. The Bertz CT molecular complexity index is 503. The fraction of sp³-hybridized carbons (Fsp3) is 0.588. The van der Waals surface area contributed by atoms with Crippen molar-refractivity contribution in [1.82, 2.24) is 5.32 Å². The van der Waals surface area contributed by atoms with Crippen LogP contribution in [0.5, 0.6) is 5.75 Å². The largest absolute Gasteiger partial charge is 0.493 e. The van der Waals surface area contributed by atoms with Gasteiger partial charge in [0.1, 0.15) is 5.75 Å². The Hall–Kier alpha value is -0.853. The zero-order chi connectivity index (χ0) is 17.5. The lowest BCUT2D eigenvalue weighted by atomic mass is 10.2. The van der Waals surface area contributed by atoms with Gasteiger partial charge < -0.3 is 14.5 Å². The standard InChI is InChI=1S/C17H28BrNO3Si/c1-17(2,3)23(4,5)22-12-14(10-19-13-20)11-21-16-8-6-7-15(18)9-16/h6-9,13-14H,10-12H2,1-5H3,(H,19,20)/t14-/m0/s1. The molecule has 0 unspecified atom stereocenters. The molecule has 1 N–H and O–H groups in total. The molecule has 0 bridgehead atoms. The Labute approximate surface area is 149 Å². The molecule has 0 aliphatic carbocycles. The van der Waals surface area contributed by atoms with Crippen molar-refractivity contribution in [3.63, 3.8) is 0 Å². The van der Waals surface area contributed by atoms with Gasteiger partial charge in [-0.1, -0.05) is 42.8 Å². The minimum absolute atomic E-state index is 0.119. The Kier molecular flexibility index (Phi) is 7.77. The van der Waals surface area contributed by atoms with E-state index in [4.69, 9.17) is 9.16 Å². The molecule has 1 rings (SSSR count). The number of hydrogen-bond acceptors (Lipinski definition) is 3. The van der Waals surface area contributed by atoms with Gasteiger partial charge in [-0.05, 0) is 36.3 Å². The van der Waals surface area contributed by atoms with Crippen LogP contribution in [0.1, 0.15) is 20.8 Å². The van der Waals surface area contributed by atoms with Crippen molar-refractivity contribution in [3.05, 3.63) is 28.7 Å².